The molecule has 0 saturated heterocycles. The van der Waals surface area contributed by atoms with Crippen molar-refractivity contribution in [3.05, 3.63) is 39.9 Å². The molecule has 16 heavy (non-hydrogen) atoms. The van der Waals surface area contributed by atoms with Crippen molar-refractivity contribution < 1.29 is 0 Å². The number of amidine groups is 1. The highest BCUT2D eigenvalue weighted by Gasteiger charge is 2.10. The van der Waals surface area contributed by atoms with E-state index in [2.05, 4.69) is 4.99 Å². The number of hydrogen-bond donors (Lipinski definition) is 1. The Kier molecular flexibility index (Phi) is 4.99. The van der Waals surface area contributed by atoms with E-state index in [1.807, 2.05) is 12.1 Å². The van der Waals surface area contributed by atoms with Crippen LogP contribution in [0.25, 0.3) is 5.70 Å². The number of benzene rings is 1. The van der Waals surface area contributed by atoms with Gasteiger partial charge in [-0.2, -0.15) is 0 Å². The van der Waals surface area contributed by atoms with Crippen LogP contribution in [0.15, 0.2) is 29.3 Å². The number of thioether (sulfide) groups is 1. The summed E-state index contributed by atoms with van der Waals surface area (Å²) in [7, 11) is 0. The summed E-state index contributed by atoms with van der Waals surface area (Å²) in [4.78, 5) is 4.23. The standard InChI is InChI=1S/C10H8Cl2N2S.ClH/c11-6-1-2-7(8(12)5-6)9-3-4-15-10(13)14-9;/h1-3,5H,4H2,(H2,13,14);1H. The fourth-order valence-electron chi connectivity index (χ4n) is 1.27. The Morgan fingerprint density at radius 2 is 2.06 bits per heavy atom. The number of rotatable bonds is 1. The summed E-state index contributed by atoms with van der Waals surface area (Å²) < 4.78 is 0. The van der Waals surface area contributed by atoms with Crippen molar-refractivity contribution in [2.45, 2.75) is 0 Å². The SMILES string of the molecule is Cl.NC1=NC(c2ccc(Cl)cc2Cl)=CCS1. The first-order valence-corrected chi connectivity index (χ1v) is 6.03. The van der Waals surface area contributed by atoms with Gasteiger partial charge in [-0.3, -0.25) is 0 Å². The van der Waals surface area contributed by atoms with Crippen LogP contribution < -0.4 is 5.73 Å². The van der Waals surface area contributed by atoms with Gasteiger partial charge >= 0.3 is 0 Å². The van der Waals surface area contributed by atoms with E-state index in [9.17, 15) is 0 Å². The maximum absolute atomic E-state index is 6.07. The second-order valence-corrected chi connectivity index (χ2v) is 4.86. The van der Waals surface area contributed by atoms with Gasteiger partial charge in [0.05, 0.1) is 10.7 Å². The third kappa shape index (κ3) is 3.08. The van der Waals surface area contributed by atoms with Gasteiger partial charge in [0.15, 0.2) is 5.17 Å². The number of halogens is 3. The predicted octanol–water partition coefficient (Wildman–Crippen LogP) is 3.82. The summed E-state index contributed by atoms with van der Waals surface area (Å²) >= 11 is 13.4. The van der Waals surface area contributed by atoms with E-state index in [4.69, 9.17) is 28.9 Å². The fraction of sp³-hybridized carbons (Fsp3) is 0.100. The van der Waals surface area contributed by atoms with Crippen LogP contribution in [-0.4, -0.2) is 10.9 Å². The first-order valence-electron chi connectivity index (χ1n) is 4.29. The van der Waals surface area contributed by atoms with Gasteiger partial charge in [-0.05, 0) is 24.3 Å². The molecule has 1 aliphatic heterocycles. The molecule has 0 aliphatic carbocycles. The second-order valence-electron chi connectivity index (χ2n) is 2.97. The molecular formula is C10H9Cl3N2S. The molecule has 0 saturated carbocycles. The molecule has 0 spiro atoms. The quantitative estimate of drug-likeness (QED) is 0.855. The fourth-order valence-corrected chi connectivity index (χ4v) is 2.35. The van der Waals surface area contributed by atoms with Gasteiger partial charge in [0.25, 0.3) is 0 Å². The molecule has 0 radical (unpaired) electrons. The van der Waals surface area contributed by atoms with E-state index in [-0.39, 0.29) is 12.4 Å². The van der Waals surface area contributed by atoms with Gasteiger partial charge in [-0.1, -0.05) is 35.0 Å². The molecule has 1 aromatic carbocycles. The van der Waals surface area contributed by atoms with Gasteiger partial charge < -0.3 is 5.73 Å². The van der Waals surface area contributed by atoms with E-state index in [1.54, 1.807) is 12.1 Å². The minimum absolute atomic E-state index is 0. The zero-order valence-corrected chi connectivity index (χ0v) is 11.3. The lowest BCUT2D eigenvalue weighted by Crippen LogP contribution is -2.10. The van der Waals surface area contributed by atoms with Gasteiger partial charge in [-0.15, -0.1) is 12.4 Å². The molecule has 0 fully saturated rings. The van der Waals surface area contributed by atoms with Crippen LogP contribution in [0.4, 0.5) is 0 Å². The smallest absolute Gasteiger partial charge is 0.159 e. The van der Waals surface area contributed by atoms with Crippen LogP contribution in [0.1, 0.15) is 5.56 Å². The van der Waals surface area contributed by atoms with Crippen LogP contribution >= 0.6 is 47.4 Å². The Bertz CT molecular complexity index is 457. The van der Waals surface area contributed by atoms with E-state index < -0.39 is 0 Å². The maximum atomic E-state index is 6.07. The lowest BCUT2D eigenvalue weighted by Gasteiger charge is -2.10. The average molecular weight is 296 g/mol. The number of nitrogens with two attached hydrogens (primary N) is 1. The zero-order chi connectivity index (χ0) is 10.8. The summed E-state index contributed by atoms with van der Waals surface area (Å²) in [5, 5.41) is 1.78. The van der Waals surface area contributed by atoms with Gasteiger partial charge in [0.2, 0.25) is 0 Å². The Morgan fingerprint density at radius 1 is 1.31 bits per heavy atom. The lowest BCUT2D eigenvalue weighted by atomic mass is 10.1. The molecule has 86 valence electrons. The highest BCUT2D eigenvalue weighted by Crippen LogP contribution is 2.30. The highest BCUT2D eigenvalue weighted by molar-refractivity contribution is 8.14. The van der Waals surface area contributed by atoms with Crippen molar-refractivity contribution in [2.24, 2.45) is 10.7 Å². The molecule has 1 aromatic rings. The largest absolute Gasteiger partial charge is 0.378 e. The van der Waals surface area contributed by atoms with Crippen LogP contribution in [0.5, 0.6) is 0 Å². The van der Waals surface area contributed by atoms with Crippen molar-refractivity contribution in [2.75, 3.05) is 5.75 Å². The van der Waals surface area contributed by atoms with Crippen LogP contribution in [-0.2, 0) is 0 Å². The Morgan fingerprint density at radius 3 is 2.69 bits per heavy atom. The van der Waals surface area contributed by atoms with E-state index in [1.165, 1.54) is 11.8 Å². The number of nitrogens with zero attached hydrogens (tertiary/aromatic N) is 1. The molecule has 0 unspecified atom stereocenters. The second kappa shape index (κ2) is 5.82. The first-order chi connectivity index (χ1) is 7.16. The highest BCUT2D eigenvalue weighted by atomic mass is 35.5. The van der Waals surface area contributed by atoms with Crippen molar-refractivity contribution in [3.63, 3.8) is 0 Å². The summed E-state index contributed by atoms with van der Waals surface area (Å²) in [5.41, 5.74) is 7.32. The third-order valence-electron chi connectivity index (χ3n) is 1.95. The molecular weight excluding hydrogens is 287 g/mol. The van der Waals surface area contributed by atoms with E-state index in [0.29, 0.717) is 15.2 Å². The number of aliphatic imine (C=N–C) groups is 1. The molecule has 0 bridgehead atoms. The van der Waals surface area contributed by atoms with Gasteiger partial charge in [-0.25, -0.2) is 4.99 Å². The average Bonchev–Trinajstić information content (AvgIpc) is 2.17. The van der Waals surface area contributed by atoms with Crippen LogP contribution in [0.3, 0.4) is 0 Å². The molecule has 0 amide bonds. The molecule has 0 atom stereocenters. The molecule has 2 rings (SSSR count). The van der Waals surface area contributed by atoms with Crippen LogP contribution in [0, 0.1) is 0 Å². The topological polar surface area (TPSA) is 38.4 Å². The minimum Gasteiger partial charge on any atom is -0.378 e. The minimum atomic E-state index is 0. The molecule has 0 aromatic heterocycles. The van der Waals surface area contributed by atoms with Gasteiger partial charge in [0.1, 0.15) is 0 Å². The Hall–Kier alpha value is -0.350. The predicted molar refractivity (Wildman–Crippen MR) is 75.8 cm³/mol. The molecule has 6 heteroatoms. The Labute approximate surface area is 114 Å². The Balaban J connectivity index is 0.00000128. The molecule has 1 heterocycles. The lowest BCUT2D eigenvalue weighted by molar-refractivity contribution is 1.46. The first kappa shape index (κ1) is 13.7. The monoisotopic (exact) mass is 294 g/mol. The number of hydrogen-bond acceptors (Lipinski definition) is 3. The van der Waals surface area contributed by atoms with Crippen molar-refractivity contribution in [1.29, 1.82) is 0 Å². The van der Waals surface area contributed by atoms with Crippen molar-refractivity contribution in [3.8, 4) is 0 Å². The van der Waals surface area contributed by atoms with E-state index in [0.717, 1.165) is 17.0 Å². The molecule has 1 aliphatic rings. The van der Waals surface area contributed by atoms with Crippen LogP contribution in [0.2, 0.25) is 10.0 Å². The molecule has 2 nitrogen and oxygen atoms in total. The normalized spacial score (nSPS) is 14.9. The van der Waals surface area contributed by atoms with Crippen molar-refractivity contribution >= 4 is 58.2 Å². The molecule has 2 N–H and O–H groups in total. The summed E-state index contributed by atoms with van der Waals surface area (Å²) in [6, 6.07) is 5.34. The summed E-state index contributed by atoms with van der Waals surface area (Å²) in [5.74, 6) is 0.823. The third-order valence-corrected chi connectivity index (χ3v) is 3.21. The van der Waals surface area contributed by atoms with Crippen molar-refractivity contribution in [1.82, 2.24) is 0 Å². The van der Waals surface area contributed by atoms with Gasteiger partial charge in [0, 0.05) is 16.3 Å². The maximum Gasteiger partial charge on any atom is 0.159 e. The summed E-state index contributed by atoms with van der Waals surface area (Å²) in [6.45, 7) is 0. The summed E-state index contributed by atoms with van der Waals surface area (Å²) in [6.07, 6.45) is 2.00. The zero-order valence-electron chi connectivity index (χ0n) is 8.11. The van der Waals surface area contributed by atoms with E-state index >= 15 is 0 Å².